The zero-order valence-corrected chi connectivity index (χ0v) is 13.1. The maximum atomic E-state index is 12.3. The largest absolute Gasteiger partial charge is 0.487 e. The third-order valence-corrected chi connectivity index (χ3v) is 3.62. The fourth-order valence-corrected chi connectivity index (χ4v) is 2.34. The molecule has 1 N–H and O–H groups in total. The van der Waals surface area contributed by atoms with Crippen molar-refractivity contribution in [3.63, 3.8) is 0 Å². The van der Waals surface area contributed by atoms with E-state index < -0.39 is 13.0 Å². The van der Waals surface area contributed by atoms with Crippen LogP contribution >= 0.6 is 0 Å². The summed E-state index contributed by atoms with van der Waals surface area (Å²) in [5, 5.41) is 15.2. The van der Waals surface area contributed by atoms with E-state index in [0.717, 1.165) is 4.68 Å². The Hall–Kier alpha value is -3.15. The monoisotopic (exact) mass is 347 g/mol. The molecule has 25 heavy (non-hydrogen) atoms. The molecule has 2 heterocycles. The van der Waals surface area contributed by atoms with Gasteiger partial charge in [0, 0.05) is 12.3 Å². The Bertz CT molecular complexity index is 779. The average Bonchev–Trinajstić information content (AvgIpc) is 2.97. The topological polar surface area (TPSA) is 83.2 Å². The van der Waals surface area contributed by atoms with Gasteiger partial charge in [-0.2, -0.15) is 10.4 Å². The Balaban J connectivity index is 1.44. The molecule has 0 unspecified atom stereocenters. The van der Waals surface area contributed by atoms with Crippen molar-refractivity contribution in [1.82, 2.24) is 14.7 Å². The second-order valence-corrected chi connectivity index (χ2v) is 5.53. The van der Waals surface area contributed by atoms with Gasteiger partial charge in [0.25, 0.3) is 6.43 Å². The number of urea groups is 1. The molecule has 130 valence electrons. The number of hydrogen-bond donors (Lipinski definition) is 1. The fourth-order valence-electron chi connectivity index (χ4n) is 2.34. The predicted octanol–water partition coefficient (Wildman–Crippen LogP) is 2.31. The van der Waals surface area contributed by atoms with Crippen molar-refractivity contribution >= 4 is 11.8 Å². The summed E-state index contributed by atoms with van der Waals surface area (Å²) in [4.78, 5) is 13.6. The normalized spacial score (nSPS) is 14.1. The summed E-state index contributed by atoms with van der Waals surface area (Å²) >= 11 is 0. The number of anilines is 1. The van der Waals surface area contributed by atoms with Crippen molar-refractivity contribution < 1.29 is 18.3 Å². The molecule has 2 amide bonds. The van der Waals surface area contributed by atoms with Crippen LogP contribution < -0.4 is 10.1 Å². The van der Waals surface area contributed by atoms with E-state index in [9.17, 15) is 13.6 Å². The molecule has 7 nitrogen and oxygen atoms in total. The van der Waals surface area contributed by atoms with E-state index in [2.05, 4.69) is 10.4 Å². The van der Waals surface area contributed by atoms with E-state index in [-0.39, 0.29) is 18.0 Å². The Morgan fingerprint density at radius 3 is 2.72 bits per heavy atom. The molecule has 0 radical (unpaired) electrons. The third-order valence-electron chi connectivity index (χ3n) is 3.62. The van der Waals surface area contributed by atoms with Crippen LogP contribution in [0.5, 0.6) is 5.75 Å². The molecule has 9 heteroatoms. The summed E-state index contributed by atoms with van der Waals surface area (Å²) in [6.07, 6.45) is -1.25. The zero-order chi connectivity index (χ0) is 17.8. The minimum Gasteiger partial charge on any atom is -0.487 e. The van der Waals surface area contributed by atoms with Crippen molar-refractivity contribution in [1.29, 1.82) is 5.26 Å². The molecule has 1 aromatic heterocycles. The number of ether oxygens (including phenoxy) is 1. The quantitative estimate of drug-likeness (QED) is 0.900. The highest BCUT2D eigenvalue weighted by atomic mass is 19.3. The van der Waals surface area contributed by atoms with E-state index in [1.807, 2.05) is 6.07 Å². The molecule has 1 saturated heterocycles. The number of hydrogen-bond acceptors (Lipinski definition) is 4. The summed E-state index contributed by atoms with van der Waals surface area (Å²) in [7, 11) is 0. The highest BCUT2D eigenvalue weighted by Crippen LogP contribution is 2.19. The summed E-state index contributed by atoms with van der Waals surface area (Å²) in [6.45, 7) is 0.299. The maximum absolute atomic E-state index is 12.3. The number of amides is 2. The van der Waals surface area contributed by atoms with Gasteiger partial charge >= 0.3 is 6.03 Å². The summed E-state index contributed by atoms with van der Waals surface area (Å²) in [5.41, 5.74) is 0.549. The highest BCUT2D eigenvalue weighted by molar-refractivity contribution is 5.88. The van der Waals surface area contributed by atoms with Crippen molar-refractivity contribution in [3.05, 3.63) is 42.1 Å². The number of alkyl halides is 2. The zero-order valence-electron chi connectivity index (χ0n) is 13.1. The van der Waals surface area contributed by atoms with Gasteiger partial charge in [0.15, 0.2) is 5.82 Å². The van der Waals surface area contributed by atoms with Gasteiger partial charge in [-0.3, -0.25) is 10.00 Å². The van der Waals surface area contributed by atoms with Gasteiger partial charge in [-0.1, -0.05) is 0 Å². The maximum Gasteiger partial charge on any atom is 0.323 e. The Labute approximate surface area is 142 Å². The summed E-state index contributed by atoms with van der Waals surface area (Å²) < 4.78 is 31.3. The minimum atomic E-state index is -2.50. The van der Waals surface area contributed by atoms with E-state index in [0.29, 0.717) is 24.4 Å². The van der Waals surface area contributed by atoms with Gasteiger partial charge < -0.3 is 9.64 Å². The molecule has 0 atom stereocenters. The van der Waals surface area contributed by atoms with Gasteiger partial charge in [-0.05, 0) is 24.3 Å². The van der Waals surface area contributed by atoms with Gasteiger partial charge in [-0.25, -0.2) is 13.6 Å². The Morgan fingerprint density at radius 2 is 2.08 bits per heavy atom. The van der Waals surface area contributed by atoms with E-state index in [4.69, 9.17) is 10.00 Å². The van der Waals surface area contributed by atoms with E-state index in [1.165, 1.54) is 17.2 Å². The number of nitriles is 1. The van der Waals surface area contributed by atoms with E-state index >= 15 is 0 Å². The number of halogens is 2. The van der Waals surface area contributed by atoms with Crippen molar-refractivity contribution in [3.8, 4) is 11.8 Å². The first-order valence-electron chi connectivity index (χ1n) is 7.58. The van der Waals surface area contributed by atoms with Crippen LogP contribution in [0.1, 0.15) is 5.56 Å². The number of carbonyl (C=O) groups is 1. The van der Waals surface area contributed by atoms with Gasteiger partial charge in [0.05, 0.1) is 24.7 Å². The fraction of sp³-hybridized carbons (Fsp3) is 0.312. The third kappa shape index (κ3) is 4.23. The van der Waals surface area contributed by atoms with Crippen LogP contribution in [-0.4, -0.2) is 46.3 Å². The lowest BCUT2D eigenvalue weighted by Crippen LogP contribution is -2.57. The number of rotatable bonds is 5. The lowest BCUT2D eigenvalue weighted by Gasteiger charge is -2.38. The summed E-state index contributed by atoms with van der Waals surface area (Å²) in [6, 6.07) is 9.86. The van der Waals surface area contributed by atoms with Gasteiger partial charge in [-0.15, -0.1) is 0 Å². The second kappa shape index (κ2) is 7.17. The van der Waals surface area contributed by atoms with E-state index in [1.54, 1.807) is 24.3 Å². The lowest BCUT2D eigenvalue weighted by molar-refractivity contribution is 0.0492. The van der Waals surface area contributed by atoms with Crippen molar-refractivity contribution in [2.24, 2.45) is 0 Å². The molecule has 1 aliphatic heterocycles. The standard InChI is InChI=1S/C16H15F2N5O2/c17-14(18)10-23-6-5-15(21-23)20-16(24)22-8-13(9-22)25-12-3-1-11(7-19)2-4-12/h1-6,13-14H,8-10H2,(H,20,21,24). The second-order valence-electron chi connectivity index (χ2n) is 5.53. The van der Waals surface area contributed by atoms with Crippen LogP contribution in [0.25, 0.3) is 0 Å². The molecular weight excluding hydrogens is 332 g/mol. The van der Waals surface area contributed by atoms with Crippen molar-refractivity contribution in [2.75, 3.05) is 18.4 Å². The number of aromatic nitrogens is 2. The first-order chi connectivity index (χ1) is 12.0. The van der Waals surface area contributed by atoms with Crippen LogP contribution in [-0.2, 0) is 6.54 Å². The van der Waals surface area contributed by atoms with Crippen LogP contribution in [0, 0.1) is 11.3 Å². The molecule has 1 aromatic carbocycles. The molecule has 0 spiro atoms. The summed E-state index contributed by atoms with van der Waals surface area (Å²) in [5.74, 6) is 0.858. The molecule has 0 saturated carbocycles. The number of nitrogens with zero attached hydrogens (tertiary/aromatic N) is 4. The van der Waals surface area contributed by atoms with Crippen LogP contribution in [0.15, 0.2) is 36.5 Å². The minimum absolute atomic E-state index is 0.130. The Kier molecular flexibility index (Phi) is 4.79. The number of nitrogens with one attached hydrogen (secondary N) is 1. The van der Waals surface area contributed by atoms with Crippen LogP contribution in [0.4, 0.5) is 19.4 Å². The Morgan fingerprint density at radius 1 is 1.36 bits per heavy atom. The molecule has 1 fully saturated rings. The van der Waals surface area contributed by atoms with Crippen LogP contribution in [0.3, 0.4) is 0 Å². The number of likely N-dealkylation sites (tertiary alicyclic amines) is 1. The van der Waals surface area contributed by atoms with Crippen LogP contribution in [0.2, 0.25) is 0 Å². The predicted molar refractivity (Wildman–Crippen MR) is 84.4 cm³/mol. The number of carbonyl (C=O) groups excluding carboxylic acids is 1. The first-order valence-corrected chi connectivity index (χ1v) is 7.58. The molecule has 3 rings (SSSR count). The van der Waals surface area contributed by atoms with Crippen molar-refractivity contribution in [2.45, 2.75) is 19.1 Å². The molecule has 1 aliphatic rings. The highest BCUT2D eigenvalue weighted by Gasteiger charge is 2.32. The SMILES string of the molecule is N#Cc1ccc(OC2CN(C(=O)Nc3ccn(CC(F)F)n3)C2)cc1. The smallest absolute Gasteiger partial charge is 0.323 e. The molecular formula is C16H15F2N5O2. The molecule has 0 bridgehead atoms. The lowest BCUT2D eigenvalue weighted by atomic mass is 10.1. The van der Waals surface area contributed by atoms with Gasteiger partial charge in [0.1, 0.15) is 18.4 Å². The average molecular weight is 347 g/mol. The molecule has 0 aliphatic carbocycles. The first kappa shape index (κ1) is 16.7. The van der Waals surface area contributed by atoms with Gasteiger partial charge in [0.2, 0.25) is 0 Å². The number of benzene rings is 1. The molecule has 2 aromatic rings.